The zero-order valence-electron chi connectivity index (χ0n) is 11.4. The summed E-state index contributed by atoms with van der Waals surface area (Å²) in [5, 5.41) is 4.08. The SMILES string of the molecule is CC(C)Oc1ccn(Cc2ncc(C(F)(F)F)cc2Cl)n1. The van der Waals surface area contributed by atoms with E-state index in [1.165, 1.54) is 4.68 Å². The van der Waals surface area contributed by atoms with E-state index in [1.807, 2.05) is 13.8 Å². The fraction of sp³-hybridized carbons (Fsp3) is 0.385. The molecule has 0 saturated carbocycles. The van der Waals surface area contributed by atoms with Gasteiger partial charge < -0.3 is 4.74 Å². The van der Waals surface area contributed by atoms with Crippen LogP contribution in [0.3, 0.4) is 0 Å². The lowest BCUT2D eigenvalue weighted by Crippen LogP contribution is -2.09. The van der Waals surface area contributed by atoms with E-state index in [9.17, 15) is 13.2 Å². The van der Waals surface area contributed by atoms with Crippen molar-refractivity contribution < 1.29 is 17.9 Å². The molecule has 21 heavy (non-hydrogen) atoms. The molecule has 2 aromatic rings. The highest BCUT2D eigenvalue weighted by atomic mass is 35.5. The number of hydrogen-bond acceptors (Lipinski definition) is 3. The second-order valence-electron chi connectivity index (χ2n) is 4.67. The van der Waals surface area contributed by atoms with Crippen molar-refractivity contribution in [1.82, 2.24) is 14.8 Å². The van der Waals surface area contributed by atoms with E-state index in [0.717, 1.165) is 12.3 Å². The van der Waals surface area contributed by atoms with Gasteiger partial charge in [0.2, 0.25) is 5.88 Å². The van der Waals surface area contributed by atoms with E-state index in [4.69, 9.17) is 16.3 Å². The summed E-state index contributed by atoms with van der Waals surface area (Å²) in [5.74, 6) is 0.438. The highest BCUT2D eigenvalue weighted by Gasteiger charge is 2.31. The third kappa shape index (κ3) is 4.10. The summed E-state index contributed by atoms with van der Waals surface area (Å²) in [6.45, 7) is 3.90. The van der Waals surface area contributed by atoms with E-state index < -0.39 is 11.7 Å². The largest absolute Gasteiger partial charge is 0.474 e. The van der Waals surface area contributed by atoms with Crippen LogP contribution in [0, 0.1) is 0 Å². The van der Waals surface area contributed by atoms with Gasteiger partial charge in [0.05, 0.1) is 28.9 Å². The fourth-order valence-electron chi connectivity index (χ4n) is 1.63. The minimum absolute atomic E-state index is 0.0128. The van der Waals surface area contributed by atoms with Crippen molar-refractivity contribution in [1.29, 1.82) is 0 Å². The number of pyridine rings is 1. The van der Waals surface area contributed by atoms with Gasteiger partial charge in [0.1, 0.15) is 0 Å². The molecule has 0 saturated heterocycles. The summed E-state index contributed by atoms with van der Waals surface area (Å²) in [7, 11) is 0. The second kappa shape index (κ2) is 5.93. The third-order valence-electron chi connectivity index (χ3n) is 2.53. The van der Waals surface area contributed by atoms with Gasteiger partial charge in [0, 0.05) is 18.5 Å². The van der Waals surface area contributed by atoms with Crippen molar-refractivity contribution in [2.45, 2.75) is 32.7 Å². The summed E-state index contributed by atoms with van der Waals surface area (Å²) >= 11 is 5.84. The molecule has 0 amide bonds. The van der Waals surface area contributed by atoms with Crippen LogP contribution in [0.2, 0.25) is 5.02 Å². The molecule has 0 aliphatic rings. The van der Waals surface area contributed by atoms with Gasteiger partial charge in [-0.2, -0.15) is 13.2 Å². The lowest BCUT2D eigenvalue weighted by molar-refractivity contribution is -0.137. The maximum absolute atomic E-state index is 12.5. The van der Waals surface area contributed by atoms with Gasteiger partial charge in [-0.05, 0) is 19.9 Å². The van der Waals surface area contributed by atoms with Crippen molar-refractivity contribution in [2.24, 2.45) is 0 Å². The maximum Gasteiger partial charge on any atom is 0.417 e. The number of alkyl halides is 3. The van der Waals surface area contributed by atoms with Crippen molar-refractivity contribution in [2.75, 3.05) is 0 Å². The summed E-state index contributed by atoms with van der Waals surface area (Å²) < 4.78 is 44.4. The molecule has 4 nitrogen and oxygen atoms in total. The predicted octanol–water partition coefficient (Wildman–Crippen LogP) is 3.79. The van der Waals surface area contributed by atoms with Crippen LogP contribution in [-0.2, 0) is 12.7 Å². The second-order valence-corrected chi connectivity index (χ2v) is 5.08. The first-order valence-electron chi connectivity index (χ1n) is 6.17. The Hall–Kier alpha value is -1.76. The molecule has 0 bridgehead atoms. The quantitative estimate of drug-likeness (QED) is 0.861. The Morgan fingerprint density at radius 2 is 2.10 bits per heavy atom. The van der Waals surface area contributed by atoms with Crippen LogP contribution in [-0.4, -0.2) is 20.9 Å². The van der Waals surface area contributed by atoms with Crippen LogP contribution in [0.25, 0.3) is 0 Å². The van der Waals surface area contributed by atoms with Crippen molar-refractivity contribution in [3.63, 3.8) is 0 Å². The number of hydrogen-bond donors (Lipinski definition) is 0. The molecule has 0 atom stereocenters. The Labute approximate surface area is 124 Å². The lowest BCUT2D eigenvalue weighted by atomic mass is 10.2. The smallest absolute Gasteiger partial charge is 0.417 e. The molecule has 0 spiro atoms. The van der Waals surface area contributed by atoms with E-state index in [2.05, 4.69) is 10.1 Å². The van der Waals surface area contributed by atoms with Gasteiger partial charge >= 0.3 is 6.18 Å². The number of halogens is 4. The standard InChI is InChI=1S/C13H13ClF3N3O/c1-8(2)21-12-3-4-20(19-12)7-11-10(14)5-9(6-18-11)13(15,16)17/h3-6,8H,7H2,1-2H3. The van der Waals surface area contributed by atoms with E-state index in [1.54, 1.807) is 12.3 Å². The van der Waals surface area contributed by atoms with Gasteiger partial charge in [0.25, 0.3) is 0 Å². The Morgan fingerprint density at radius 1 is 1.38 bits per heavy atom. The minimum atomic E-state index is -4.46. The number of nitrogens with zero attached hydrogens (tertiary/aromatic N) is 3. The highest BCUT2D eigenvalue weighted by molar-refractivity contribution is 6.31. The van der Waals surface area contributed by atoms with Gasteiger partial charge in [-0.1, -0.05) is 11.6 Å². The van der Waals surface area contributed by atoms with Gasteiger partial charge in [0.15, 0.2) is 0 Å². The van der Waals surface area contributed by atoms with Crippen molar-refractivity contribution >= 4 is 11.6 Å². The molecule has 0 aliphatic carbocycles. The van der Waals surface area contributed by atoms with Crippen LogP contribution in [0.5, 0.6) is 5.88 Å². The first kappa shape index (κ1) is 15.6. The first-order chi connectivity index (χ1) is 9.75. The zero-order chi connectivity index (χ0) is 15.6. The van der Waals surface area contributed by atoms with E-state index in [0.29, 0.717) is 11.6 Å². The molecule has 0 aromatic carbocycles. The van der Waals surface area contributed by atoms with E-state index >= 15 is 0 Å². The molecular weight excluding hydrogens is 307 g/mol. The average molecular weight is 320 g/mol. The van der Waals surface area contributed by atoms with Crippen molar-refractivity contribution in [3.8, 4) is 5.88 Å². The van der Waals surface area contributed by atoms with Crippen LogP contribution in [0.15, 0.2) is 24.5 Å². The molecule has 2 aromatic heterocycles. The van der Waals surface area contributed by atoms with Crippen LogP contribution in [0.4, 0.5) is 13.2 Å². The Bertz CT molecular complexity index is 625. The predicted molar refractivity (Wildman–Crippen MR) is 71.3 cm³/mol. The maximum atomic E-state index is 12.5. The van der Waals surface area contributed by atoms with Crippen LogP contribution in [0.1, 0.15) is 25.1 Å². The molecule has 0 N–H and O–H groups in total. The van der Waals surface area contributed by atoms with Gasteiger partial charge in [-0.3, -0.25) is 9.67 Å². The zero-order valence-corrected chi connectivity index (χ0v) is 12.1. The fourth-order valence-corrected chi connectivity index (χ4v) is 1.85. The first-order valence-corrected chi connectivity index (χ1v) is 6.55. The summed E-state index contributed by atoms with van der Waals surface area (Å²) in [6.07, 6.45) is -2.07. The Morgan fingerprint density at radius 3 is 2.67 bits per heavy atom. The monoisotopic (exact) mass is 319 g/mol. The molecule has 0 aliphatic heterocycles. The summed E-state index contributed by atoms with van der Waals surface area (Å²) in [4.78, 5) is 3.76. The molecule has 2 rings (SSSR count). The topological polar surface area (TPSA) is 39.9 Å². The van der Waals surface area contributed by atoms with Gasteiger partial charge in [-0.25, -0.2) is 0 Å². The number of aromatic nitrogens is 3. The Kier molecular flexibility index (Phi) is 4.41. The summed E-state index contributed by atoms with van der Waals surface area (Å²) in [6, 6.07) is 2.52. The lowest BCUT2D eigenvalue weighted by Gasteiger charge is -2.09. The highest BCUT2D eigenvalue weighted by Crippen LogP contribution is 2.31. The molecule has 0 unspecified atom stereocenters. The third-order valence-corrected chi connectivity index (χ3v) is 2.86. The van der Waals surface area contributed by atoms with E-state index in [-0.39, 0.29) is 17.7 Å². The molecule has 114 valence electrons. The average Bonchev–Trinajstić information content (AvgIpc) is 2.77. The van der Waals surface area contributed by atoms with Crippen LogP contribution >= 0.6 is 11.6 Å². The molecule has 0 fully saturated rings. The number of rotatable bonds is 4. The molecule has 8 heteroatoms. The van der Waals surface area contributed by atoms with Gasteiger partial charge in [-0.15, -0.1) is 5.10 Å². The van der Waals surface area contributed by atoms with Crippen molar-refractivity contribution in [3.05, 3.63) is 40.8 Å². The molecule has 0 radical (unpaired) electrons. The van der Waals surface area contributed by atoms with Crippen LogP contribution < -0.4 is 4.74 Å². The number of ether oxygens (including phenoxy) is 1. The Balaban J connectivity index is 2.15. The normalized spacial score (nSPS) is 12.0. The summed E-state index contributed by atoms with van der Waals surface area (Å²) in [5.41, 5.74) is -0.565. The molecular formula is C13H13ClF3N3O. The minimum Gasteiger partial charge on any atom is -0.474 e. The molecule has 2 heterocycles.